The van der Waals surface area contributed by atoms with Gasteiger partial charge in [0.2, 0.25) is 0 Å². The molecule has 0 amide bonds. The van der Waals surface area contributed by atoms with E-state index in [4.69, 9.17) is 9.47 Å². The second kappa shape index (κ2) is 7.60. The molecule has 0 bridgehead atoms. The van der Waals surface area contributed by atoms with Crippen molar-refractivity contribution in [2.75, 3.05) is 13.7 Å². The van der Waals surface area contributed by atoms with Crippen LogP contribution in [0.25, 0.3) is 11.0 Å². The Hall–Kier alpha value is -2.32. The van der Waals surface area contributed by atoms with Crippen LogP contribution in [0.4, 0.5) is 8.78 Å². The van der Waals surface area contributed by atoms with E-state index < -0.39 is 17.6 Å². The summed E-state index contributed by atoms with van der Waals surface area (Å²) in [6, 6.07) is 7.34. The topological polar surface area (TPSA) is 53.3 Å². The van der Waals surface area contributed by atoms with Gasteiger partial charge in [0.1, 0.15) is 17.5 Å². The lowest BCUT2D eigenvalue weighted by atomic mass is 10.1. The first-order valence-corrected chi connectivity index (χ1v) is 9.58. The van der Waals surface area contributed by atoms with Crippen molar-refractivity contribution in [3.63, 3.8) is 0 Å². The molecule has 1 atom stereocenters. The molecule has 0 spiro atoms. The third kappa shape index (κ3) is 3.54. The van der Waals surface area contributed by atoms with Gasteiger partial charge in [-0.2, -0.15) is 0 Å². The summed E-state index contributed by atoms with van der Waals surface area (Å²) in [6.45, 7) is 1.23. The molecule has 1 aliphatic rings. The Bertz CT molecular complexity index is 1060. The molecule has 1 aliphatic heterocycles. The largest absolute Gasteiger partial charge is 0.465 e. The smallest absolute Gasteiger partial charge is 0.337 e. The summed E-state index contributed by atoms with van der Waals surface area (Å²) >= 11 is 2.99. The summed E-state index contributed by atoms with van der Waals surface area (Å²) in [6.07, 6.45) is 1.06. The minimum atomic E-state index is -0.533. The Morgan fingerprint density at radius 3 is 2.79 bits per heavy atom. The average molecular weight is 451 g/mol. The highest BCUT2D eigenvalue weighted by Gasteiger charge is 2.23. The number of imidazole rings is 1. The zero-order chi connectivity index (χ0) is 19.8. The third-order valence-corrected chi connectivity index (χ3v) is 5.47. The summed E-state index contributed by atoms with van der Waals surface area (Å²) < 4.78 is 40.6. The molecule has 3 aromatic rings. The van der Waals surface area contributed by atoms with E-state index in [1.54, 1.807) is 18.2 Å². The number of fused-ring (bicyclic) bond motifs is 1. The van der Waals surface area contributed by atoms with Crippen LogP contribution in [0.3, 0.4) is 0 Å². The fourth-order valence-corrected chi connectivity index (χ4v) is 3.57. The van der Waals surface area contributed by atoms with E-state index in [0.717, 1.165) is 18.0 Å². The van der Waals surface area contributed by atoms with E-state index >= 15 is 0 Å². The van der Waals surface area contributed by atoms with Crippen LogP contribution in [-0.4, -0.2) is 35.3 Å². The number of nitrogens with zero attached hydrogens (tertiary/aromatic N) is 2. The van der Waals surface area contributed by atoms with Crippen LogP contribution in [-0.2, 0) is 22.4 Å². The minimum absolute atomic E-state index is 0.0319. The number of aromatic nitrogens is 2. The number of carbonyl (C=O) groups excluding carboxylic acids is 1. The van der Waals surface area contributed by atoms with Gasteiger partial charge in [0.05, 0.1) is 40.8 Å². The van der Waals surface area contributed by atoms with Gasteiger partial charge in [0.25, 0.3) is 0 Å². The zero-order valence-corrected chi connectivity index (χ0v) is 16.6. The molecule has 2 heterocycles. The minimum Gasteiger partial charge on any atom is -0.465 e. The van der Waals surface area contributed by atoms with E-state index in [1.807, 2.05) is 4.57 Å². The van der Waals surface area contributed by atoms with Gasteiger partial charge < -0.3 is 14.0 Å². The zero-order valence-electron chi connectivity index (χ0n) is 15.0. The summed E-state index contributed by atoms with van der Waals surface area (Å²) in [7, 11) is 1.32. The molecule has 5 nitrogen and oxygen atoms in total. The van der Waals surface area contributed by atoms with Crippen LogP contribution >= 0.6 is 15.9 Å². The fourth-order valence-electron chi connectivity index (χ4n) is 3.26. The van der Waals surface area contributed by atoms with Gasteiger partial charge in [0, 0.05) is 13.0 Å². The van der Waals surface area contributed by atoms with Gasteiger partial charge in [-0.1, -0.05) is 0 Å². The highest BCUT2D eigenvalue weighted by atomic mass is 79.9. The van der Waals surface area contributed by atoms with Crippen molar-refractivity contribution in [2.45, 2.75) is 25.5 Å². The van der Waals surface area contributed by atoms with Crippen molar-refractivity contribution >= 4 is 32.9 Å². The number of hydrogen-bond acceptors (Lipinski definition) is 4. The Morgan fingerprint density at radius 2 is 2.11 bits per heavy atom. The summed E-state index contributed by atoms with van der Waals surface area (Å²) in [5.74, 6) is -0.915. The summed E-state index contributed by atoms with van der Waals surface area (Å²) in [5.41, 5.74) is 2.00. The lowest BCUT2D eigenvalue weighted by Crippen LogP contribution is -2.31. The number of methoxy groups -OCH3 is 1. The van der Waals surface area contributed by atoms with Gasteiger partial charge in [-0.3, -0.25) is 0 Å². The second-order valence-corrected chi connectivity index (χ2v) is 7.50. The third-order valence-electron chi connectivity index (χ3n) is 4.87. The van der Waals surface area contributed by atoms with E-state index in [0.29, 0.717) is 30.1 Å². The molecule has 0 aliphatic carbocycles. The molecule has 1 unspecified atom stereocenters. The second-order valence-electron chi connectivity index (χ2n) is 6.65. The lowest BCUT2D eigenvalue weighted by Gasteiger charge is -2.27. The molecule has 4 rings (SSSR count). The number of hydrogen-bond donors (Lipinski definition) is 0. The Kier molecular flexibility index (Phi) is 5.16. The SMILES string of the molecule is COC(=O)c1ccc2nc(Cc3cc(F)c(Br)cc3F)n(CC3CCO3)c2c1. The highest BCUT2D eigenvalue weighted by molar-refractivity contribution is 9.10. The molecule has 1 saturated heterocycles. The lowest BCUT2D eigenvalue weighted by molar-refractivity contribution is -0.0589. The van der Waals surface area contributed by atoms with Crippen LogP contribution in [0.1, 0.15) is 28.2 Å². The average Bonchev–Trinajstić information content (AvgIpc) is 2.98. The normalized spacial score (nSPS) is 16.2. The standard InChI is InChI=1S/C20H17BrF2N2O3/c1-27-20(26)11-2-3-17-18(7-11)25(10-13-4-5-28-13)19(24-17)8-12-6-16(23)14(21)9-15(12)22/h2-3,6-7,9,13H,4-5,8,10H2,1H3. The molecular weight excluding hydrogens is 434 g/mol. The molecule has 0 saturated carbocycles. The Balaban J connectivity index is 1.79. The monoisotopic (exact) mass is 450 g/mol. The molecule has 0 N–H and O–H groups in total. The maximum atomic E-state index is 14.3. The van der Waals surface area contributed by atoms with E-state index in [1.165, 1.54) is 13.2 Å². The molecule has 8 heteroatoms. The van der Waals surface area contributed by atoms with Crippen LogP contribution in [0.5, 0.6) is 0 Å². The first-order chi connectivity index (χ1) is 13.5. The predicted octanol–water partition coefficient (Wildman–Crippen LogP) is 4.24. The van der Waals surface area contributed by atoms with E-state index in [9.17, 15) is 13.6 Å². The van der Waals surface area contributed by atoms with Crippen LogP contribution in [0.2, 0.25) is 0 Å². The number of rotatable bonds is 5. The first kappa shape index (κ1) is 19.0. The van der Waals surface area contributed by atoms with Gasteiger partial charge in [-0.25, -0.2) is 18.6 Å². The quantitative estimate of drug-likeness (QED) is 0.430. The Morgan fingerprint density at radius 1 is 1.32 bits per heavy atom. The number of halogens is 3. The molecule has 1 fully saturated rings. The van der Waals surface area contributed by atoms with Crippen LogP contribution < -0.4 is 0 Å². The van der Waals surface area contributed by atoms with Crippen molar-refractivity contribution in [1.82, 2.24) is 9.55 Å². The van der Waals surface area contributed by atoms with Crippen molar-refractivity contribution in [3.05, 3.63) is 63.4 Å². The van der Waals surface area contributed by atoms with Gasteiger partial charge in [-0.15, -0.1) is 0 Å². The maximum Gasteiger partial charge on any atom is 0.337 e. The van der Waals surface area contributed by atoms with Gasteiger partial charge in [-0.05, 0) is 58.2 Å². The molecule has 28 heavy (non-hydrogen) atoms. The van der Waals surface area contributed by atoms with Crippen LogP contribution in [0.15, 0.2) is 34.8 Å². The summed E-state index contributed by atoms with van der Waals surface area (Å²) in [4.78, 5) is 16.5. The molecular formula is C20H17BrF2N2O3. The fraction of sp³-hybridized carbons (Fsp3) is 0.300. The van der Waals surface area contributed by atoms with Crippen molar-refractivity contribution in [1.29, 1.82) is 0 Å². The molecule has 146 valence electrons. The highest BCUT2D eigenvalue weighted by Crippen LogP contribution is 2.26. The number of esters is 1. The van der Waals surface area contributed by atoms with Gasteiger partial charge in [0.15, 0.2) is 0 Å². The molecule has 2 aromatic carbocycles. The predicted molar refractivity (Wildman–Crippen MR) is 102 cm³/mol. The molecule has 0 radical (unpaired) electrons. The van der Waals surface area contributed by atoms with Crippen molar-refractivity contribution in [2.24, 2.45) is 0 Å². The van der Waals surface area contributed by atoms with E-state index in [2.05, 4.69) is 20.9 Å². The van der Waals surface area contributed by atoms with Crippen molar-refractivity contribution in [3.8, 4) is 0 Å². The number of carbonyl (C=O) groups is 1. The first-order valence-electron chi connectivity index (χ1n) is 8.78. The number of benzene rings is 2. The number of ether oxygens (including phenoxy) is 2. The maximum absolute atomic E-state index is 14.3. The van der Waals surface area contributed by atoms with Gasteiger partial charge >= 0.3 is 5.97 Å². The van der Waals surface area contributed by atoms with Crippen LogP contribution in [0, 0.1) is 11.6 Å². The Labute approximate surface area is 168 Å². The summed E-state index contributed by atoms with van der Waals surface area (Å²) in [5, 5.41) is 0. The molecule has 1 aromatic heterocycles. The van der Waals surface area contributed by atoms with Crippen molar-refractivity contribution < 1.29 is 23.0 Å². The van der Waals surface area contributed by atoms with E-state index in [-0.39, 0.29) is 22.6 Å².